The molecule has 6 heteroatoms. The lowest BCUT2D eigenvalue weighted by Crippen LogP contribution is -2.25. The highest BCUT2D eigenvalue weighted by Gasteiger charge is 2.23. The summed E-state index contributed by atoms with van der Waals surface area (Å²) in [7, 11) is 0. The minimum Gasteiger partial charge on any atom is -0.387 e. The van der Waals surface area contributed by atoms with Crippen LogP contribution in [0.15, 0.2) is 28.8 Å². The van der Waals surface area contributed by atoms with Gasteiger partial charge in [-0.15, -0.1) is 0 Å². The summed E-state index contributed by atoms with van der Waals surface area (Å²) in [4.78, 5) is 4.37. The first-order chi connectivity index (χ1) is 10.3. The van der Waals surface area contributed by atoms with E-state index in [9.17, 15) is 9.50 Å². The molecule has 120 valence electrons. The maximum Gasteiger partial charge on any atom is 0.243 e. The van der Waals surface area contributed by atoms with Crippen molar-refractivity contribution in [1.29, 1.82) is 0 Å². The van der Waals surface area contributed by atoms with Crippen molar-refractivity contribution in [2.75, 3.05) is 6.54 Å². The number of nitrogens with one attached hydrogen (secondary N) is 1. The summed E-state index contributed by atoms with van der Waals surface area (Å²) in [6, 6.07) is 5.61. The molecule has 0 aliphatic carbocycles. The van der Waals surface area contributed by atoms with Crippen LogP contribution in [0.25, 0.3) is 0 Å². The summed E-state index contributed by atoms with van der Waals surface area (Å²) in [5.74, 6) is 0.810. The van der Waals surface area contributed by atoms with Crippen LogP contribution in [-0.2, 0) is 5.41 Å². The molecule has 1 aromatic carbocycles. The fourth-order valence-electron chi connectivity index (χ4n) is 1.89. The first-order valence-electron chi connectivity index (χ1n) is 7.28. The SMILES string of the molecule is CC(NCC(O)c1ccc(F)cc1)c1nc(C(C)(C)C)no1. The molecule has 2 aromatic rings. The Balaban J connectivity index is 1.93. The van der Waals surface area contributed by atoms with Crippen molar-refractivity contribution in [2.24, 2.45) is 0 Å². The number of rotatable bonds is 5. The topological polar surface area (TPSA) is 71.2 Å². The molecule has 0 fully saturated rings. The van der Waals surface area contributed by atoms with E-state index in [2.05, 4.69) is 15.5 Å². The van der Waals surface area contributed by atoms with E-state index in [1.54, 1.807) is 12.1 Å². The Labute approximate surface area is 129 Å². The van der Waals surface area contributed by atoms with Crippen molar-refractivity contribution in [3.8, 4) is 0 Å². The maximum absolute atomic E-state index is 12.9. The number of aliphatic hydroxyl groups is 1. The Hall–Kier alpha value is -1.79. The number of halogens is 1. The molecule has 2 N–H and O–H groups in total. The van der Waals surface area contributed by atoms with Crippen LogP contribution in [0.3, 0.4) is 0 Å². The number of aliphatic hydroxyl groups excluding tert-OH is 1. The van der Waals surface area contributed by atoms with Gasteiger partial charge in [0.2, 0.25) is 5.89 Å². The molecule has 2 unspecified atom stereocenters. The van der Waals surface area contributed by atoms with Crippen LogP contribution in [0.2, 0.25) is 0 Å². The predicted octanol–water partition coefficient (Wildman–Crippen LogP) is 2.89. The second-order valence-corrected chi connectivity index (χ2v) is 6.40. The van der Waals surface area contributed by atoms with Crippen molar-refractivity contribution in [1.82, 2.24) is 15.5 Å². The van der Waals surface area contributed by atoms with Crippen molar-refractivity contribution < 1.29 is 14.0 Å². The van der Waals surface area contributed by atoms with Crippen LogP contribution in [0, 0.1) is 5.82 Å². The number of aromatic nitrogens is 2. The van der Waals surface area contributed by atoms with Gasteiger partial charge in [0.1, 0.15) is 5.82 Å². The molecule has 22 heavy (non-hydrogen) atoms. The van der Waals surface area contributed by atoms with E-state index in [1.165, 1.54) is 12.1 Å². The third-order valence-electron chi connectivity index (χ3n) is 3.36. The van der Waals surface area contributed by atoms with Crippen LogP contribution in [0.4, 0.5) is 4.39 Å². The highest BCUT2D eigenvalue weighted by Crippen LogP contribution is 2.21. The molecule has 1 heterocycles. The molecule has 2 rings (SSSR count). The molecule has 2 atom stereocenters. The number of benzene rings is 1. The summed E-state index contributed by atoms with van der Waals surface area (Å²) < 4.78 is 18.1. The third kappa shape index (κ3) is 4.11. The Morgan fingerprint density at radius 2 is 1.91 bits per heavy atom. The lowest BCUT2D eigenvalue weighted by atomic mass is 9.96. The molecule has 0 bridgehead atoms. The Morgan fingerprint density at radius 3 is 2.45 bits per heavy atom. The van der Waals surface area contributed by atoms with Gasteiger partial charge in [-0.3, -0.25) is 0 Å². The fourth-order valence-corrected chi connectivity index (χ4v) is 1.89. The molecular weight excluding hydrogens is 285 g/mol. The second kappa shape index (κ2) is 6.54. The number of nitrogens with zero attached hydrogens (tertiary/aromatic N) is 2. The van der Waals surface area contributed by atoms with Crippen LogP contribution in [0.1, 0.15) is 57.1 Å². The molecule has 0 saturated heterocycles. The second-order valence-electron chi connectivity index (χ2n) is 6.40. The van der Waals surface area contributed by atoms with Crippen molar-refractivity contribution in [3.05, 3.63) is 47.4 Å². The van der Waals surface area contributed by atoms with E-state index < -0.39 is 6.10 Å². The van der Waals surface area contributed by atoms with Crippen LogP contribution in [0.5, 0.6) is 0 Å². The van der Waals surface area contributed by atoms with Gasteiger partial charge in [0, 0.05) is 12.0 Å². The molecule has 5 nitrogen and oxygen atoms in total. The standard InChI is InChI=1S/C16H22FN3O2/c1-10(14-19-15(20-22-14)16(2,3)4)18-9-13(21)11-5-7-12(17)8-6-11/h5-8,10,13,18,21H,9H2,1-4H3. The predicted molar refractivity (Wildman–Crippen MR) is 80.8 cm³/mol. The number of hydrogen-bond donors (Lipinski definition) is 2. The third-order valence-corrected chi connectivity index (χ3v) is 3.36. The van der Waals surface area contributed by atoms with Crippen molar-refractivity contribution in [3.63, 3.8) is 0 Å². The molecule has 0 spiro atoms. The first-order valence-corrected chi connectivity index (χ1v) is 7.28. The monoisotopic (exact) mass is 307 g/mol. The van der Waals surface area contributed by atoms with E-state index in [0.717, 1.165) is 0 Å². The van der Waals surface area contributed by atoms with E-state index >= 15 is 0 Å². The Kier molecular flexibility index (Phi) is 4.93. The van der Waals surface area contributed by atoms with Gasteiger partial charge >= 0.3 is 0 Å². The van der Waals surface area contributed by atoms with E-state index in [-0.39, 0.29) is 17.3 Å². The highest BCUT2D eigenvalue weighted by molar-refractivity contribution is 5.18. The van der Waals surface area contributed by atoms with Gasteiger partial charge in [0.05, 0.1) is 12.1 Å². The lowest BCUT2D eigenvalue weighted by Gasteiger charge is -2.15. The molecule has 0 saturated carbocycles. The normalized spacial score (nSPS) is 14.8. The Morgan fingerprint density at radius 1 is 1.27 bits per heavy atom. The maximum atomic E-state index is 12.9. The average molecular weight is 307 g/mol. The van der Waals surface area contributed by atoms with E-state index in [0.29, 0.717) is 23.8 Å². The summed E-state index contributed by atoms with van der Waals surface area (Å²) >= 11 is 0. The Bertz CT molecular complexity index is 605. The van der Waals surface area contributed by atoms with E-state index in [1.807, 2.05) is 27.7 Å². The van der Waals surface area contributed by atoms with Gasteiger partial charge in [-0.25, -0.2) is 4.39 Å². The van der Waals surface area contributed by atoms with Crippen LogP contribution < -0.4 is 5.32 Å². The lowest BCUT2D eigenvalue weighted by molar-refractivity contribution is 0.167. The molecular formula is C16H22FN3O2. The molecule has 0 amide bonds. The number of hydrogen-bond acceptors (Lipinski definition) is 5. The van der Waals surface area contributed by atoms with Gasteiger partial charge in [0.15, 0.2) is 5.82 Å². The summed E-state index contributed by atoms with van der Waals surface area (Å²) in [5.41, 5.74) is 0.483. The molecule has 0 radical (unpaired) electrons. The van der Waals surface area contributed by atoms with Gasteiger partial charge < -0.3 is 14.9 Å². The van der Waals surface area contributed by atoms with Crippen LogP contribution in [-0.4, -0.2) is 21.8 Å². The van der Waals surface area contributed by atoms with Crippen molar-refractivity contribution in [2.45, 2.75) is 45.3 Å². The van der Waals surface area contributed by atoms with Gasteiger partial charge in [0.25, 0.3) is 0 Å². The van der Waals surface area contributed by atoms with E-state index in [4.69, 9.17) is 4.52 Å². The van der Waals surface area contributed by atoms with Crippen molar-refractivity contribution >= 4 is 0 Å². The summed E-state index contributed by atoms with van der Waals surface area (Å²) in [6.45, 7) is 8.23. The minimum absolute atomic E-state index is 0.172. The van der Waals surface area contributed by atoms with Gasteiger partial charge in [-0.1, -0.05) is 38.1 Å². The quantitative estimate of drug-likeness (QED) is 0.888. The summed E-state index contributed by atoms with van der Waals surface area (Å²) in [6.07, 6.45) is -0.729. The molecule has 0 aliphatic heterocycles. The highest BCUT2D eigenvalue weighted by atomic mass is 19.1. The zero-order valence-electron chi connectivity index (χ0n) is 13.3. The zero-order valence-corrected chi connectivity index (χ0v) is 13.3. The first kappa shape index (κ1) is 16.6. The van der Waals surface area contributed by atoms with Crippen LogP contribution >= 0.6 is 0 Å². The fraction of sp³-hybridized carbons (Fsp3) is 0.500. The smallest absolute Gasteiger partial charge is 0.243 e. The minimum atomic E-state index is -0.729. The zero-order chi connectivity index (χ0) is 16.3. The van der Waals surface area contributed by atoms with Gasteiger partial charge in [-0.05, 0) is 24.6 Å². The molecule has 1 aromatic heterocycles. The van der Waals surface area contributed by atoms with Gasteiger partial charge in [-0.2, -0.15) is 4.98 Å². The largest absolute Gasteiger partial charge is 0.387 e. The summed E-state index contributed by atoms with van der Waals surface area (Å²) in [5, 5.41) is 17.2. The average Bonchev–Trinajstić information content (AvgIpc) is 2.95. The molecule has 0 aliphatic rings.